The van der Waals surface area contributed by atoms with E-state index in [1.54, 1.807) is 12.4 Å². The molecule has 2 amide bonds. The zero-order valence-electron chi connectivity index (χ0n) is 11.5. The molecule has 0 unspecified atom stereocenters. The maximum Gasteiger partial charge on any atom is 0.319 e. The highest BCUT2D eigenvalue weighted by molar-refractivity contribution is 7.09. The topological polar surface area (TPSA) is 66.9 Å². The number of pyridine rings is 1. The highest BCUT2D eigenvalue weighted by Crippen LogP contribution is 2.21. The van der Waals surface area contributed by atoms with Crippen molar-refractivity contribution in [3.63, 3.8) is 0 Å². The van der Waals surface area contributed by atoms with Crippen molar-refractivity contribution in [1.82, 2.24) is 15.3 Å². The van der Waals surface area contributed by atoms with E-state index in [9.17, 15) is 4.79 Å². The SMILES string of the molecule is Cc1csc(CNC(=O)Nc2cccc3cnccc23)n1. The average molecular weight is 298 g/mol. The van der Waals surface area contributed by atoms with E-state index in [4.69, 9.17) is 0 Å². The zero-order chi connectivity index (χ0) is 14.7. The predicted molar refractivity (Wildman–Crippen MR) is 84.5 cm³/mol. The van der Waals surface area contributed by atoms with Crippen molar-refractivity contribution in [2.24, 2.45) is 0 Å². The Hall–Kier alpha value is -2.47. The van der Waals surface area contributed by atoms with E-state index in [1.807, 2.05) is 36.6 Å². The number of hydrogen-bond donors (Lipinski definition) is 2. The second kappa shape index (κ2) is 5.88. The first-order chi connectivity index (χ1) is 10.2. The maximum absolute atomic E-state index is 12.0. The number of nitrogens with one attached hydrogen (secondary N) is 2. The van der Waals surface area contributed by atoms with Crippen molar-refractivity contribution in [2.45, 2.75) is 13.5 Å². The molecular formula is C15H14N4OS. The lowest BCUT2D eigenvalue weighted by molar-refractivity contribution is 0.251. The molecule has 3 aromatic rings. The number of hydrogen-bond acceptors (Lipinski definition) is 4. The molecule has 2 N–H and O–H groups in total. The molecule has 1 aromatic carbocycles. The van der Waals surface area contributed by atoms with Crippen LogP contribution < -0.4 is 10.6 Å². The van der Waals surface area contributed by atoms with Gasteiger partial charge in [-0.3, -0.25) is 4.98 Å². The predicted octanol–water partition coefficient (Wildman–Crippen LogP) is 3.32. The smallest absolute Gasteiger partial charge is 0.319 e. The third-order valence-electron chi connectivity index (χ3n) is 3.00. The van der Waals surface area contributed by atoms with E-state index in [1.165, 1.54) is 11.3 Å². The van der Waals surface area contributed by atoms with E-state index in [-0.39, 0.29) is 6.03 Å². The van der Waals surface area contributed by atoms with Crippen LogP contribution in [-0.2, 0) is 6.54 Å². The van der Waals surface area contributed by atoms with Gasteiger partial charge in [-0.2, -0.15) is 0 Å². The number of carbonyl (C=O) groups is 1. The summed E-state index contributed by atoms with van der Waals surface area (Å²) in [6.45, 7) is 2.36. The van der Waals surface area contributed by atoms with Crippen molar-refractivity contribution in [3.05, 3.63) is 52.7 Å². The van der Waals surface area contributed by atoms with Gasteiger partial charge in [-0.25, -0.2) is 9.78 Å². The highest BCUT2D eigenvalue weighted by atomic mass is 32.1. The minimum Gasteiger partial charge on any atom is -0.331 e. The molecule has 2 heterocycles. The largest absolute Gasteiger partial charge is 0.331 e. The van der Waals surface area contributed by atoms with Gasteiger partial charge in [0, 0.05) is 34.2 Å². The average Bonchev–Trinajstić information content (AvgIpc) is 2.91. The van der Waals surface area contributed by atoms with Gasteiger partial charge in [0.2, 0.25) is 0 Å². The van der Waals surface area contributed by atoms with Crippen molar-refractivity contribution in [3.8, 4) is 0 Å². The molecule has 5 nitrogen and oxygen atoms in total. The minimum absolute atomic E-state index is 0.243. The Balaban J connectivity index is 1.69. The van der Waals surface area contributed by atoms with Crippen LogP contribution in [0.5, 0.6) is 0 Å². The number of urea groups is 1. The molecule has 0 atom stereocenters. The van der Waals surface area contributed by atoms with Gasteiger partial charge in [0.05, 0.1) is 12.2 Å². The van der Waals surface area contributed by atoms with Crippen LogP contribution in [0.2, 0.25) is 0 Å². The van der Waals surface area contributed by atoms with E-state index >= 15 is 0 Å². The van der Waals surface area contributed by atoms with Crippen LogP contribution in [0.25, 0.3) is 10.8 Å². The van der Waals surface area contributed by atoms with Crippen LogP contribution in [-0.4, -0.2) is 16.0 Å². The molecule has 0 bridgehead atoms. The Labute approximate surface area is 126 Å². The van der Waals surface area contributed by atoms with E-state index in [0.717, 1.165) is 27.2 Å². The summed E-state index contributed by atoms with van der Waals surface area (Å²) in [6.07, 6.45) is 3.49. The molecule has 0 aliphatic carbocycles. The lowest BCUT2D eigenvalue weighted by Crippen LogP contribution is -2.28. The van der Waals surface area contributed by atoms with Crippen molar-refractivity contribution < 1.29 is 4.79 Å². The monoisotopic (exact) mass is 298 g/mol. The fraction of sp³-hybridized carbons (Fsp3) is 0.133. The van der Waals surface area contributed by atoms with Gasteiger partial charge in [-0.1, -0.05) is 12.1 Å². The third-order valence-corrected chi connectivity index (χ3v) is 3.96. The molecule has 0 saturated carbocycles. The van der Waals surface area contributed by atoms with Crippen LogP contribution in [0.15, 0.2) is 42.0 Å². The van der Waals surface area contributed by atoms with Crippen molar-refractivity contribution in [1.29, 1.82) is 0 Å². The van der Waals surface area contributed by atoms with Gasteiger partial charge in [0.25, 0.3) is 0 Å². The summed E-state index contributed by atoms with van der Waals surface area (Å²) < 4.78 is 0. The lowest BCUT2D eigenvalue weighted by Gasteiger charge is -2.09. The number of fused-ring (bicyclic) bond motifs is 1. The van der Waals surface area contributed by atoms with Gasteiger partial charge in [-0.05, 0) is 19.1 Å². The first-order valence-electron chi connectivity index (χ1n) is 6.51. The highest BCUT2D eigenvalue weighted by Gasteiger charge is 2.06. The Kier molecular flexibility index (Phi) is 3.79. The molecule has 21 heavy (non-hydrogen) atoms. The Morgan fingerprint density at radius 1 is 1.33 bits per heavy atom. The summed E-state index contributed by atoms with van der Waals surface area (Å²) in [5.74, 6) is 0. The number of carbonyl (C=O) groups excluding carboxylic acids is 1. The number of anilines is 1. The Bertz CT molecular complexity index is 779. The number of aromatic nitrogens is 2. The van der Waals surface area contributed by atoms with Crippen LogP contribution in [0.1, 0.15) is 10.7 Å². The molecule has 0 spiro atoms. The fourth-order valence-corrected chi connectivity index (χ4v) is 2.75. The van der Waals surface area contributed by atoms with Gasteiger partial charge in [-0.15, -0.1) is 11.3 Å². The summed E-state index contributed by atoms with van der Waals surface area (Å²) in [4.78, 5) is 20.4. The standard InChI is InChI=1S/C15H14N4OS/c1-10-9-21-14(18-10)8-17-15(20)19-13-4-2-3-11-7-16-6-5-12(11)13/h2-7,9H,8H2,1H3,(H2,17,19,20). The molecule has 2 aromatic heterocycles. The number of benzene rings is 1. The van der Waals surface area contributed by atoms with Gasteiger partial charge < -0.3 is 10.6 Å². The Morgan fingerprint density at radius 2 is 2.24 bits per heavy atom. The second-order valence-electron chi connectivity index (χ2n) is 4.59. The number of rotatable bonds is 3. The summed E-state index contributed by atoms with van der Waals surface area (Å²) in [7, 11) is 0. The third kappa shape index (κ3) is 3.17. The molecule has 106 valence electrons. The molecule has 0 aliphatic rings. The minimum atomic E-state index is -0.243. The Morgan fingerprint density at radius 3 is 3.05 bits per heavy atom. The van der Waals surface area contributed by atoms with E-state index in [0.29, 0.717) is 6.54 Å². The molecule has 6 heteroatoms. The molecule has 0 fully saturated rings. The summed E-state index contributed by atoms with van der Waals surface area (Å²) in [5, 5.41) is 10.5. The molecule has 0 radical (unpaired) electrons. The first-order valence-corrected chi connectivity index (χ1v) is 7.39. The summed E-state index contributed by atoms with van der Waals surface area (Å²) >= 11 is 1.54. The van der Waals surface area contributed by atoms with Crippen LogP contribution in [0.4, 0.5) is 10.5 Å². The lowest BCUT2D eigenvalue weighted by atomic mass is 10.1. The maximum atomic E-state index is 12.0. The van der Waals surface area contributed by atoms with Crippen LogP contribution in [0.3, 0.4) is 0 Å². The van der Waals surface area contributed by atoms with Crippen LogP contribution in [0, 0.1) is 6.92 Å². The second-order valence-corrected chi connectivity index (χ2v) is 5.54. The van der Waals surface area contributed by atoms with Gasteiger partial charge >= 0.3 is 6.03 Å². The number of amides is 2. The summed E-state index contributed by atoms with van der Waals surface area (Å²) in [6, 6.07) is 7.37. The number of aryl methyl sites for hydroxylation is 1. The summed E-state index contributed by atoms with van der Waals surface area (Å²) in [5.41, 5.74) is 1.74. The fourth-order valence-electron chi connectivity index (χ4n) is 2.04. The number of nitrogens with zero attached hydrogens (tertiary/aromatic N) is 2. The number of thiazole rings is 1. The normalized spacial score (nSPS) is 10.5. The molecule has 0 saturated heterocycles. The van der Waals surface area contributed by atoms with Crippen molar-refractivity contribution >= 4 is 33.8 Å². The van der Waals surface area contributed by atoms with Crippen LogP contribution >= 0.6 is 11.3 Å². The quantitative estimate of drug-likeness (QED) is 0.779. The molecular weight excluding hydrogens is 284 g/mol. The van der Waals surface area contributed by atoms with Crippen molar-refractivity contribution in [2.75, 3.05) is 5.32 Å². The molecule has 3 rings (SSSR count). The van der Waals surface area contributed by atoms with E-state index < -0.39 is 0 Å². The van der Waals surface area contributed by atoms with Gasteiger partial charge in [0.15, 0.2) is 0 Å². The molecule has 0 aliphatic heterocycles. The first kappa shape index (κ1) is 13.5. The van der Waals surface area contributed by atoms with E-state index in [2.05, 4.69) is 20.6 Å². The zero-order valence-corrected chi connectivity index (χ0v) is 12.3. The van der Waals surface area contributed by atoms with Gasteiger partial charge in [0.1, 0.15) is 5.01 Å².